The molecule has 2 rings (SSSR count). The van der Waals surface area contributed by atoms with E-state index in [1.807, 2.05) is 0 Å². The van der Waals surface area contributed by atoms with Gasteiger partial charge in [0.2, 0.25) is 0 Å². The van der Waals surface area contributed by atoms with E-state index in [0.29, 0.717) is 11.2 Å². The van der Waals surface area contributed by atoms with Gasteiger partial charge in [-0.25, -0.2) is 0 Å². The zero-order chi connectivity index (χ0) is 15.9. The monoisotopic (exact) mass is 332 g/mol. The molecule has 0 spiro atoms. The van der Waals surface area contributed by atoms with E-state index in [9.17, 15) is 0 Å². The van der Waals surface area contributed by atoms with Gasteiger partial charge < -0.3 is 10.6 Å². The van der Waals surface area contributed by atoms with Gasteiger partial charge in [0.25, 0.3) is 0 Å². The molecule has 4 heteroatoms. The minimum Gasteiger partial charge on any atom is -0.361 e. The summed E-state index contributed by atoms with van der Waals surface area (Å²) in [4.78, 5) is 1.27. The second-order valence-electron chi connectivity index (χ2n) is 5.71. The van der Waals surface area contributed by atoms with E-state index in [-0.39, 0.29) is 6.04 Å². The highest BCUT2D eigenvalue weighted by Gasteiger charge is 2.16. The van der Waals surface area contributed by atoms with Crippen molar-refractivity contribution in [3.05, 3.63) is 57.8 Å². The van der Waals surface area contributed by atoms with Gasteiger partial charge in [0.05, 0.1) is 6.04 Å². The fourth-order valence-corrected chi connectivity index (χ4v) is 3.53. The van der Waals surface area contributed by atoms with Crippen LogP contribution in [0.5, 0.6) is 0 Å². The maximum Gasteiger partial charge on any atom is 0.167 e. The first kappa shape index (κ1) is 17.0. The summed E-state index contributed by atoms with van der Waals surface area (Å²) in [6.07, 6.45) is 2.30. The first-order valence-electron chi connectivity index (χ1n) is 7.79. The highest BCUT2D eigenvalue weighted by molar-refractivity contribution is 7.80. The Kier molecular flexibility index (Phi) is 6.40. The highest BCUT2D eigenvalue weighted by atomic mass is 32.1. The molecule has 22 heavy (non-hydrogen) atoms. The van der Waals surface area contributed by atoms with Crippen LogP contribution >= 0.6 is 23.6 Å². The predicted molar refractivity (Wildman–Crippen MR) is 101 cm³/mol. The third-order valence-corrected chi connectivity index (χ3v) is 4.55. The Balaban J connectivity index is 2.19. The third kappa shape index (κ3) is 4.82. The number of aryl methyl sites for hydroxylation is 1. The smallest absolute Gasteiger partial charge is 0.167 e. The van der Waals surface area contributed by atoms with Crippen LogP contribution in [0.15, 0.2) is 41.8 Å². The molecule has 0 saturated heterocycles. The Morgan fingerprint density at radius 3 is 2.41 bits per heavy atom. The summed E-state index contributed by atoms with van der Waals surface area (Å²) >= 11 is 7.18. The lowest BCUT2D eigenvalue weighted by molar-refractivity contribution is 0.688. The van der Waals surface area contributed by atoms with E-state index >= 15 is 0 Å². The molecule has 0 aliphatic carbocycles. The summed E-state index contributed by atoms with van der Waals surface area (Å²) in [6, 6.07) is 13.5. The van der Waals surface area contributed by atoms with E-state index in [0.717, 1.165) is 6.42 Å². The van der Waals surface area contributed by atoms with Gasteiger partial charge in [-0.15, -0.1) is 11.3 Å². The maximum absolute atomic E-state index is 5.43. The lowest BCUT2D eigenvalue weighted by Crippen LogP contribution is -2.41. The van der Waals surface area contributed by atoms with Crippen molar-refractivity contribution in [2.24, 2.45) is 0 Å². The number of rotatable bonds is 6. The number of hydrogen-bond donors (Lipinski definition) is 2. The van der Waals surface area contributed by atoms with Crippen molar-refractivity contribution in [1.82, 2.24) is 10.6 Å². The van der Waals surface area contributed by atoms with Crippen molar-refractivity contribution in [3.63, 3.8) is 0 Å². The van der Waals surface area contributed by atoms with Crippen molar-refractivity contribution in [3.8, 4) is 0 Å². The van der Waals surface area contributed by atoms with Crippen LogP contribution in [0.2, 0.25) is 0 Å². The Morgan fingerprint density at radius 1 is 1.14 bits per heavy atom. The van der Waals surface area contributed by atoms with Gasteiger partial charge in [0, 0.05) is 10.9 Å². The highest BCUT2D eigenvalue weighted by Crippen LogP contribution is 2.26. The zero-order valence-electron chi connectivity index (χ0n) is 13.4. The summed E-state index contributed by atoms with van der Waals surface area (Å²) < 4.78 is 0. The third-order valence-electron chi connectivity index (χ3n) is 3.37. The molecule has 1 aromatic heterocycles. The molecule has 0 unspecified atom stereocenters. The quantitative estimate of drug-likeness (QED) is 0.752. The first-order chi connectivity index (χ1) is 10.6. The van der Waals surface area contributed by atoms with Gasteiger partial charge in [0.15, 0.2) is 5.11 Å². The second-order valence-corrected chi connectivity index (χ2v) is 7.10. The van der Waals surface area contributed by atoms with Gasteiger partial charge in [-0.05, 0) is 55.1 Å². The largest absolute Gasteiger partial charge is 0.361 e. The lowest BCUT2D eigenvalue weighted by Gasteiger charge is -2.22. The predicted octanol–water partition coefficient (Wildman–Crippen LogP) is 4.66. The number of benzene rings is 1. The van der Waals surface area contributed by atoms with E-state index in [2.05, 4.69) is 73.2 Å². The van der Waals surface area contributed by atoms with E-state index in [1.54, 1.807) is 11.3 Å². The topological polar surface area (TPSA) is 24.1 Å². The van der Waals surface area contributed by atoms with Crippen molar-refractivity contribution in [2.75, 3.05) is 0 Å². The molecule has 1 heterocycles. The average Bonchev–Trinajstić information content (AvgIpc) is 2.99. The molecule has 2 aromatic rings. The fourth-order valence-electron chi connectivity index (χ4n) is 2.37. The summed E-state index contributed by atoms with van der Waals surface area (Å²) in [6.45, 7) is 6.39. The van der Waals surface area contributed by atoms with Crippen LogP contribution in [0.25, 0.3) is 0 Å². The molecule has 1 atom stereocenters. The van der Waals surface area contributed by atoms with Gasteiger partial charge >= 0.3 is 0 Å². The number of nitrogens with one attached hydrogen (secondary N) is 2. The lowest BCUT2D eigenvalue weighted by atomic mass is 10.0. The van der Waals surface area contributed by atoms with Crippen LogP contribution < -0.4 is 10.6 Å². The van der Waals surface area contributed by atoms with Crippen LogP contribution in [0, 0.1) is 0 Å². The number of thiophene rings is 1. The Bertz CT molecular complexity index is 574. The standard InChI is InChI=1S/C18H24N2S2/c1-4-6-14-8-10-15(11-9-14)17(16-7-5-12-22-16)20-18(21)19-13(2)3/h5,7-13,17H,4,6H2,1-3H3,(H2,19,20,21)/t17-/m1/s1. The Hall–Kier alpha value is -1.39. The summed E-state index contributed by atoms with van der Waals surface area (Å²) in [5, 5.41) is 9.52. The van der Waals surface area contributed by atoms with E-state index < -0.39 is 0 Å². The maximum atomic E-state index is 5.43. The molecule has 2 nitrogen and oxygen atoms in total. The van der Waals surface area contributed by atoms with Crippen molar-refractivity contribution in [2.45, 2.75) is 45.7 Å². The first-order valence-corrected chi connectivity index (χ1v) is 9.08. The van der Waals surface area contributed by atoms with Gasteiger partial charge in [-0.3, -0.25) is 0 Å². The van der Waals surface area contributed by atoms with E-state index in [1.165, 1.54) is 22.4 Å². The molecular weight excluding hydrogens is 308 g/mol. The Morgan fingerprint density at radius 2 is 1.86 bits per heavy atom. The molecule has 0 saturated carbocycles. The molecular formula is C18H24N2S2. The molecule has 2 N–H and O–H groups in total. The summed E-state index contributed by atoms with van der Waals surface area (Å²) in [5.74, 6) is 0. The van der Waals surface area contributed by atoms with Crippen molar-refractivity contribution in [1.29, 1.82) is 0 Å². The van der Waals surface area contributed by atoms with Gasteiger partial charge in [0.1, 0.15) is 0 Å². The summed E-state index contributed by atoms with van der Waals surface area (Å²) in [7, 11) is 0. The molecule has 1 aromatic carbocycles. The van der Waals surface area contributed by atoms with Gasteiger partial charge in [-0.1, -0.05) is 43.7 Å². The van der Waals surface area contributed by atoms with E-state index in [4.69, 9.17) is 12.2 Å². The van der Waals surface area contributed by atoms with Crippen LogP contribution in [0.4, 0.5) is 0 Å². The molecule has 0 amide bonds. The van der Waals surface area contributed by atoms with Crippen LogP contribution in [0.3, 0.4) is 0 Å². The molecule has 118 valence electrons. The summed E-state index contributed by atoms with van der Waals surface area (Å²) in [5.41, 5.74) is 2.63. The average molecular weight is 333 g/mol. The molecule has 0 aliphatic heterocycles. The fraction of sp³-hybridized carbons (Fsp3) is 0.389. The van der Waals surface area contributed by atoms with Gasteiger partial charge in [-0.2, -0.15) is 0 Å². The van der Waals surface area contributed by atoms with Crippen LogP contribution in [0.1, 0.15) is 49.2 Å². The second kappa shape index (κ2) is 8.30. The SMILES string of the molecule is CCCc1ccc([C@@H](NC(=S)NC(C)C)c2cccs2)cc1. The molecule has 0 radical (unpaired) electrons. The Labute approximate surface area is 143 Å². The minimum absolute atomic E-state index is 0.106. The molecule has 0 aliphatic rings. The number of hydrogen-bond acceptors (Lipinski definition) is 2. The minimum atomic E-state index is 0.106. The zero-order valence-corrected chi connectivity index (χ0v) is 15.1. The molecule has 0 fully saturated rings. The van der Waals surface area contributed by atoms with Crippen molar-refractivity contribution >= 4 is 28.7 Å². The number of thiocarbonyl (C=S) groups is 1. The molecule has 0 bridgehead atoms. The van der Waals surface area contributed by atoms with Crippen molar-refractivity contribution < 1.29 is 0 Å². The normalized spacial score (nSPS) is 12.2. The van der Waals surface area contributed by atoms with Crippen LogP contribution in [-0.4, -0.2) is 11.2 Å². The van der Waals surface area contributed by atoms with Crippen LogP contribution in [-0.2, 0) is 6.42 Å².